The number of fused-ring (bicyclic) bond motifs is 1. The lowest BCUT2D eigenvalue weighted by Gasteiger charge is -2.01. The zero-order valence-electron chi connectivity index (χ0n) is 6.09. The maximum atomic E-state index is 3.38. The van der Waals surface area contributed by atoms with Crippen LogP contribution in [-0.4, -0.2) is 0 Å². The molecule has 0 amide bonds. The molecule has 0 aliphatic carbocycles. The maximum absolute atomic E-state index is 3.38. The number of rotatable bonds is 0. The SMILES string of the molecule is C[C@H]1NCc2ccccc21. The van der Waals surface area contributed by atoms with Crippen LogP contribution in [0, 0.1) is 0 Å². The van der Waals surface area contributed by atoms with E-state index in [0.717, 1.165) is 6.54 Å². The lowest BCUT2D eigenvalue weighted by Crippen LogP contribution is -2.06. The summed E-state index contributed by atoms with van der Waals surface area (Å²) in [7, 11) is 0. The summed E-state index contributed by atoms with van der Waals surface area (Å²) in [5, 5.41) is 3.38. The summed E-state index contributed by atoms with van der Waals surface area (Å²) in [6, 6.07) is 9.13. The van der Waals surface area contributed by atoms with E-state index in [9.17, 15) is 0 Å². The standard InChI is InChI=1S/C9H11N/c1-7-9-5-3-2-4-8(9)6-10-7/h2-5,7,10H,6H2,1H3/t7-/m1/s1. The molecule has 0 unspecified atom stereocenters. The van der Waals surface area contributed by atoms with Gasteiger partial charge in [0.25, 0.3) is 0 Å². The van der Waals surface area contributed by atoms with Crippen molar-refractivity contribution in [3.05, 3.63) is 35.4 Å². The van der Waals surface area contributed by atoms with Crippen LogP contribution >= 0.6 is 0 Å². The zero-order chi connectivity index (χ0) is 6.97. The molecule has 0 bridgehead atoms. The zero-order valence-corrected chi connectivity index (χ0v) is 6.09. The van der Waals surface area contributed by atoms with E-state index in [-0.39, 0.29) is 0 Å². The number of hydrogen-bond acceptors (Lipinski definition) is 1. The lowest BCUT2D eigenvalue weighted by atomic mass is 10.1. The first-order valence-electron chi connectivity index (χ1n) is 3.69. The van der Waals surface area contributed by atoms with Crippen molar-refractivity contribution in [1.82, 2.24) is 5.32 Å². The Kier molecular flexibility index (Phi) is 1.24. The number of nitrogens with one attached hydrogen (secondary N) is 1. The van der Waals surface area contributed by atoms with Crippen LogP contribution in [0.15, 0.2) is 24.3 Å². The molecule has 0 saturated heterocycles. The monoisotopic (exact) mass is 133 g/mol. The van der Waals surface area contributed by atoms with Crippen LogP contribution in [0.5, 0.6) is 0 Å². The Morgan fingerprint density at radius 2 is 2.20 bits per heavy atom. The first-order chi connectivity index (χ1) is 4.88. The normalized spacial score (nSPS) is 22.7. The molecule has 1 aromatic rings. The highest BCUT2D eigenvalue weighted by Gasteiger charge is 2.15. The van der Waals surface area contributed by atoms with Gasteiger partial charge in [-0.15, -0.1) is 0 Å². The molecule has 52 valence electrons. The van der Waals surface area contributed by atoms with E-state index in [0.29, 0.717) is 6.04 Å². The van der Waals surface area contributed by atoms with Gasteiger partial charge in [-0.05, 0) is 18.1 Å². The molecular formula is C9H11N. The molecule has 1 heterocycles. The van der Waals surface area contributed by atoms with Gasteiger partial charge in [-0.25, -0.2) is 0 Å². The fourth-order valence-corrected chi connectivity index (χ4v) is 1.49. The van der Waals surface area contributed by atoms with Gasteiger partial charge < -0.3 is 5.32 Å². The molecule has 0 fully saturated rings. The molecule has 1 aliphatic heterocycles. The first kappa shape index (κ1) is 5.93. The van der Waals surface area contributed by atoms with Gasteiger partial charge in [-0.2, -0.15) is 0 Å². The molecular weight excluding hydrogens is 122 g/mol. The summed E-state index contributed by atoms with van der Waals surface area (Å²) < 4.78 is 0. The van der Waals surface area contributed by atoms with E-state index in [4.69, 9.17) is 0 Å². The van der Waals surface area contributed by atoms with Crippen LogP contribution in [-0.2, 0) is 6.54 Å². The fourth-order valence-electron chi connectivity index (χ4n) is 1.49. The second-order valence-electron chi connectivity index (χ2n) is 2.80. The lowest BCUT2D eigenvalue weighted by molar-refractivity contribution is 0.633. The molecule has 2 rings (SSSR count). The van der Waals surface area contributed by atoms with E-state index >= 15 is 0 Å². The van der Waals surface area contributed by atoms with Gasteiger partial charge in [0.15, 0.2) is 0 Å². The van der Waals surface area contributed by atoms with Crippen LogP contribution in [0.2, 0.25) is 0 Å². The Labute approximate surface area is 61.1 Å². The Morgan fingerprint density at radius 3 is 3.00 bits per heavy atom. The summed E-state index contributed by atoms with van der Waals surface area (Å²) in [6.45, 7) is 3.24. The van der Waals surface area contributed by atoms with Crippen LogP contribution in [0.3, 0.4) is 0 Å². The first-order valence-corrected chi connectivity index (χ1v) is 3.69. The predicted octanol–water partition coefficient (Wildman–Crippen LogP) is 1.85. The fraction of sp³-hybridized carbons (Fsp3) is 0.333. The second-order valence-corrected chi connectivity index (χ2v) is 2.80. The highest BCUT2D eigenvalue weighted by Crippen LogP contribution is 2.23. The highest BCUT2D eigenvalue weighted by molar-refractivity contribution is 5.32. The van der Waals surface area contributed by atoms with Gasteiger partial charge in [0.05, 0.1) is 0 Å². The van der Waals surface area contributed by atoms with E-state index in [1.165, 1.54) is 11.1 Å². The topological polar surface area (TPSA) is 12.0 Å². The Balaban J connectivity index is 2.51. The Bertz CT molecular complexity index is 242. The van der Waals surface area contributed by atoms with Crippen molar-refractivity contribution >= 4 is 0 Å². The minimum absolute atomic E-state index is 0.552. The highest BCUT2D eigenvalue weighted by atomic mass is 14.9. The third-order valence-electron chi connectivity index (χ3n) is 2.12. The molecule has 1 atom stereocenters. The van der Waals surface area contributed by atoms with Crippen LogP contribution in [0.1, 0.15) is 24.1 Å². The minimum Gasteiger partial charge on any atom is -0.306 e. The Morgan fingerprint density at radius 1 is 1.40 bits per heavy atom. The molecule has 1 heteroatoms. The summed E-state index contributed by atoms with van der Waals surface area (Å²) in [5.74, 6) is 0. The predicted molar refractivity (Wildman–Crippen MR) is 41.7 cm³/mol. The van der Waals surface area contributed by atoms with Crippen LogP contribution < -0.4 is 5.32 Å². The Hall–Kier alpha value is -0.820. The number of benzene rings is 1. The molecule has 0 spiro atoms. The maximum Gasteiger partial charge on any atom is 0.0298 e. The third kappa shape index (κ3) is 0.745. The molecule has 10 heavy (non-hydrogen) atoms. The minimum atomic E-state index is 0.552. The van der Waals surface area contributed by atoms with E-state index in [2.05, 4.69) is 36.5 Å². The van der Waals surface area contributed by atoms with E-state index in [1.54, 1.807) is 0 Å². The largest absolute Gasteiger partial charge is 0.306 e. The number of hydrogen-bond donors (Lipinski definition) is 1. The van der Waals surface area contributed by atoms with Gasteiger partial charge in [0, 0.05) is 12.6 Å². The van der Waals surface area contributed by atoms with Crippen LogP contribution in [0.25, 0.3) is 0 Å². The second kappa shape index (κ2) is 2.10. The molecule has 1 N–H and O–H groups in total. The molecule has 0 saturated carbocycles. The van der Waals surface area contributed by atoms with Crippen molar-refractivity contribution in [2.24, 2.45) is 0 Å². The summed E-state index contributed by atoms with van der Waals surface area (Å²) in [4.78, 5) is 0. The van der Waals surface area contributed by atoms with Crippen molar-refractivity contribution in [3.63, 3.8) is 0 Å². The molecule has 0 radical (unpaired) electrons. The van der Waals surface area contributed by atoms with Gasteiger partial charge >= 0.3 is 0 Å². The van der Waals surface area contributed by atoms with Gasteiger partial charge in [-0.1, -0.05) is 24.3 Å². The van der Waals surface area contributed by atoms with Gasteiger partial charge in [0.1, 0.15) is 0 Å². The molecule has 1 aromatic carbocycles. The molecule has 0 aromatic heterocycles. The van der Waals surface area contributed by atoms with Crippen molar-refractivity contribution in [1.29, 1.82) is 0 Å². The third-order valence-corrected chi connectivity index (χ3v) is 2.12. The summed E-state index contributed by atoms with van der Waals surface area (Å²) in [6.07, 6.45) is 0. The average Bonchev–Trinajstić information content (AvgIpc) is 2.34. The summed E-state index contributed by atoms with van der Waals surface area (Å²) in [5.41, 5.74) is 2.91. The molecule has 1 aliphatic rings. The quantitative estimate of drug-likeness (QED) is 0.569. The van der Waals surface area contributed by atoms with Crippen molar-refractivity contribution in [3.8, 4) is 0 Å². The molecule has 1 nitrogen and oxygen atoms in total. The average molecular weight is 133 g/mol. The van der Waals surface area contributed by atoms with Crippen molar-refractivity contribution in [2.45, 2.75) is 19.5 Å². The van der Waals surface area contributed by atoms with Crippen molar-refractivity contribution in [2.75, 3.05) is 0 Å². The van der Waals surface area contributed by atoms with E-state index in [1.807, 2.05) is 0 Å². The van der Waals surface area contributed by atoms with Crippen molar-refractivity contribution < 1.29 is 0 Å². The van der Waals surface area contributed by atoms with Gasteiger partial charge in [0.2, 0.25) is 0 Å². The van der Waals surface area contributed by atoms with Gasteiger partial charge in [-0.3, -0.25) is 0 Å². The van der Waals surface area contributed by atoms with Crippen LogP contribution in [0.4, 0.5) is 0 Å². The smallest absolute Gasteiger partial charge is 0.0298 e. The summed E-state index contributed by atoms with van der Waals surface area (Å²) >= 11 is 0. The van der Waals surface area contributed by atoms with E-state index < -0.39 is 0 Å².